The Morgan fingerprint density at radius 1 is 1.10 bits per heavy atom. The van der Waals surface area contributed by atoms with E-state index in [-0.39, 0.29) is 32.8 Å². The van der Waals surface area contributed by atoms with Crippen molar-refractivity contribution in [2.24, 2.45) is 0 Å². The van der Waals surface area contributed by atoms with E-state index in [0.717, 1.165) is 26.5 Å². The lowest BCUT2D eigenvalue weighted by Gasteiger charge is -2.06. The van der Waals surface area contributed by atoms with Crippen LogP contribution in [0.25, 0.3) is 16.3 Å². The minimum atomic E-state index is -4.77. The highest BCUT2D eigenvalue weighted by atomic mass is 35.5. The van der Waals surface area contributed by atoms with Crippen LogP contribution in [0, 0.1) is 0 Å². The van der Waals surface area contributed by atoms with Crippen molar-refractivity contribution in [2.75, 3.05) is 0 Å². The summed E-state index contributed by atoms with van der Waals surface area (Å²) in [5.41, 5.74) is -1.34. The molecule has 15 heteroatoms. The van der Waals surface area contributed by atoms with Gasteiger partial charge in [0.1, 0.15) is 15.7 Å². The van der Waals surface area contributed by atoms with Crippen LogP contribution in [0.5, 0.6) is 0 Å². The molecule has 0 aliphatic heterocycles. The fraction of sp³-hybridized carbons (Fsp3) is 0.200. The second-order valence-corrected chi connectivity index (χ2v) is 7.95. The van der Waals surface area contributed by atoms with E-state index >= 15 is 0 Å². The Bertz CT molecular complexity index is 1290. The second-order valence-electron chi connectivity index (χ2n) is 5.86. The molecule has 0 amide bonds. The van der Waals surface area contributed by atoms with Crippen molar-refractivity contribution in [1.29, 1.82) is 0 Å². The summed E-state index contributed by atoms with van der Waals surface area (Å²) >= 11 is 7.04. The molecule has 30 heavy (non-hydrogen) atoms. The number of halogens is 7. The van der Waals surface area contributed by atoms with E-state index in [2.05, 4.69) is 15.1 Å². The SMILES string of the molecule is O=c1cc(Cn2nc(C(F)(F)F)cc2Cl)nc2sc(C(F)(F)F)c(-c3cscn3)n12. The molecule has 0 bridgehead atoms. The van der Waals surface area contributed by atoms with Crippen LogP contribution in [0.4, 0.5) is 26.3 Å². The Hall–Kier alpha value is -2.45. The monoisotopic (exact) mass is 485 g/mol. The number of thiazole rings is 2. The highest BCUT2D eigenvalue weighted by Crippen LogP contribution is 2.41. The van der Waals surface area contributed by atoms with Crippen molar-refractivity contribution in [3.05, 3.63) is 54.8 Å². The van der Waals surface area contributed by atoms with Crippen LogP contribution >= 0.6 is 34.3 Å². The number of rotatable bonds is 3. The molecule has 158 valence electrons. The third-order valence-corrected chi connectivity index (χ3v) is 5.81. The quantitative estimate of drug-likeness (QED) is 0.390. The Labute approximate surface area is 175 Å². The van der Waals surface area contributed by atoms with E-state index < -0.39 is 40.7 Å². The van der Waals surface area contributed by atoms with Crippen LogP contribution in [0.2, 0.25) is 5.15 Å². The highest BCUT2D eigenvalue weighted by molar-refractivity contribution is 7.17. The van der Waals surface area contributed by atoms with Gasteiger partial charge in [-0.3, -0.25) is 4.79 Å². The Morgan fingerprint density at radius 2 is 1.83 bits per heavy atom. The van der Waals surface area contributed by atoms with Gasteiger partial charge in [0.05, 0.1) is 23.4 Å². The summed E-state index contributed by atoms with van der Waals surface area (Å²) in [6, 6.07) is 1.52. The van der Waals surface area contributed by atoms with Crippen LogP contribution in [0.15, 0.2) is 27.8 Å². The number of alkyl halides is 6. The molecule has 0 unspecified atom stereocenters. The Balaban J connectivity index is 1.84. The molecule has 0 atom stereocenters. The Morgan fingerprint density at radius 3 is 2.40 bits per heavy atom. The van der Waals surface area contributed by atoms with Gasteiger partial charge in [-0.25, -0.2) is 19.1 Å². The maximum atomic E-state index is 13.5. The first-order chi connectivity index (χ1) is 13.9. The van der Waals surface area contributed by atoms with Gasteiger partial charge < -0.3 is 0 Å². The molecule has 4 rings (SSSR count). The molecule has 0 aliphatic rings. The molecule has 4 aromatic heterocycles. The third-order valence-electron chi connectivity index (χ3n) is 3.84. The molecular weight excluding hydrogens is 480 g/mol. The molecule has 0 N–H and O–H groups in total. The van der Waals surface area contributed by atoms with E-state index in [1.165, 1.54) is 10.9 Å². The normalized spacial score (nSPS) is 12.8. The lowest BCUT2D eigenvalue weighted by Crippen LogP contribution is -2.18. The zero-order valence-corrected chi connectivity index (χ0v) is 16.5. The maximum absolute atomic E-state index is 13.5. The molecule has 0 aromatic carbocycles. The minimum absolute atomic E-state index is 0.0415. The van der Waals surface area contributed by atoms with Crippen LogP contribution in [-0.2, 0) is 18.9 Å². The molecule has 0 radical (unpaired) electrons. The summed E-state index contributed by atoms with van der Waals surface area (Å²) in [6.45, 7) is -0.439. The zero-order valence-electron chi connectivity index (χ0n) is 14.1. The van der Waals surface area contributed by atoms with Crippen molar-refractivity contribution in [3.63, 3.8) is 0 Å². The van der Waals surface area contributed by atoms with E-state index in [4.69, 9.17) is 11.6 Å². The van der Waals surface area contributed by atoms with Crippen molar-refractivity contribution in [1.82, 2.24) is 24.1 Å². The van der Waals surface area contributed by atoms with Crippen LogP contribution in [0.1, 0.15) is 16.3 Å². The number of nitrogens with zero attached hydrogens (tertiary/aromatic N) is 5. The lowest BCUT2D eigenvalue weighted by molar-refractivity contribution is -0.141. The first-order valence-electron chi connectivity index (χ1n) is 7.77. The van der Waals surface area contributed by atoms with E-state index in [1.54, 1.807) is 0 Å². The third kappa shape index (κ3) is 3.70. The number of aromatic nitrogens is 5. The summed E-state index contributed by atoms with van der Waals surface area (Å²) in [4.78, 5) is 19.1. The first-order valence-corrected chi connectivity index (χ1v) is 9.90. The van der Waals surface area contributed by atoms with Gasteiger partial charge in [-0.15, -0.1) is 11.3 Å². The Kier molecular flexibility index (Phi) is 4.90. The van der Waals surface area contributed by atoms with Crippen molar-refractivity contribution in [3.8, 4) is 11.4 Å². The average Bonchev–Trinajstić information content (AvgIpc) is 3.32. The van der Waals surface area contributed by atoms with Gasteiger partial charge in [-0.1, -0.05) is 22.9 Å². The predicted octanol–water partition coefficient (Wildman–Crippen LogP) is 4.82. The van der Waals surface area contributed by atoms with Crippen LogP contribution < -0.4 is 5.56 Å². The second kappa shape index (κ2) is 7.06. The molecule has 6 nitrogen and oxygen atoms in total. The molecular formula is C15H6ClF6N5OS2. The minimum Gasteiger partial charge on any atom is -0.269 e. The van der Waals surface area contributed by atoms with E-state index in [9.17, 15) is 31.1 Å². The highest BCUT2D eigenvalue weighted by Gasteiger charge is 2.39. The van der Waals surface area contributed by atoms with Crippen molar-refractivity contribution >= 4 is 39.2 Å². The van der Waals surface area contributed by atoms with Gasteiger partial charge >= 0.3 is 12.4 Å². The topological polar surface area (TPSA) is 65.1 Å². The average molecular weight is 486 g/mol. The summed E-state index contributed by atoms with van der Waals surface area (Å²) in [7, 11) is 0. The van der Waals surface area contributed by atoms with E-state index in [1.807, 2.05) is 0 Å². The van der Waals surface area contributed by atoms with Crippen molar-refractivity contribution < 1.29 is 26.3 Å². The van der Waals surface area contributed by atoms with Gasteiger partial charge in [0.25, 0.3) is 5.56 Å². The van der Waals surface area contributed by atoms with Gasteiger partial charge in [-0.2, -0.15) is 31.4 Å². The number of hydrogen-bond acceptors (Lipinski definition) is 6. The fourth-order valence-corrected chi connectivity index (χ4v) is 4.42. The largest absolute Gasteiger partial charge is 0.435 e. The molecule has 0 aliphatic carbocycles. The zero-order chi connectivity index (χ0) is 21.8. The fourth-order valence-electron chi connectivity index (χ4n) is 2.65. The molecule has 0 spiro atoms. The summed E-state index contributed by atoms with van der Waals surface area (Å²) in [5.74, 6) is 0. The molecule has 0 fully saturated rings. The smallest absolute Gasteiger partial charge is 0.269 e. The van der Waals surface area contributed by atoms with Gasteiger partial charge in [0.2, 0.25) is 0 Å². The summed E-state index contributed by atoms with van der Waals surface area (Å²) < 4.78 is 80.4. The maximum Gasteiger partial charge on any atom is 0.435 e. The predicted molar refractivity (Wildman–Crippen MR) is 96.8 cm³/mol. The van der Waals surface area contributed by atoms with Crippen LogP contribution in [-0.4, -0.2) is 24.1 Å². The summed E-state index contributed by atoms with van der Waals surface area (Å²) in [5, 5.41) is 4.31. The first kappa shape index (κ1) is 20.8. The van der Waals surface area contributed by atoms with Gasteiger partial charge in [-0.05, 0) is 0 Å². The molecule has 4 aromatic rings. The van der Waals surface area contributed by atoms with Crippen LogP contribution in [0.3, 0.4) is 0 Å². The molecule has 4 heterocycles. The van der Waals surface area contributed by atoms with E-state index in [0.29, 0.717) is 6.07 Å². The molecule has 0 saturated carbocycles. The standard InChI is InChI=1S/C15H6ClF6N5OS2/c16-9-2-8(14(17,18)19)25-26(9)3-6-1-10(28)27-11(7-4-29-5-23-7)12(15(20,21)22)30-13(27)24-6/h1-2,4-5H,3H2. The number of fused-ring (bicyclic) bond motifs is 1. The molecule has 0 saturated heterocycles. The van der Waals surface area contributed by atoms with Crippen molar-refractivity contribution in [2.45, 2.75) is 18.9 Å². The number of hydrogen-bond donors (Lipinski definition) is 0. The van der Waals surface area contributed by atoms with Gasteiger partial charge in [0, 0.05) is 17.5 Å². The van der Waals surface area contributed by atoms with Gasteiger partial charge in [0.15, 0.2) is 10.7 Å². The lowest BCUT2D eigenvalue weighted by atomic mass is 10.3. The summed E-state index contributed by atoms with van der Waals surface area (Å²) in [6.07, 6.45) is -9.50.